The molecule has 0 atom stereocenters. The fourth-order valence-corrected chi connectivity index (χ4v) is 4.60. The smallest absolute Gasteiger partial charge is 0.222 e. The predicted octanol–water partition coefficient (Wildman–Crippen LogP) is 4.21. The first-order valence-corrected chi connectivity index (χ1v) is 10.5. The number of piperazine rings is 1. The first kappa shape index (κ1) is 18.2. The van der Waals surface area contributed by atoms with Gasteiger partial charge in [0.2, 0.25) is 5.91 Å². The van der Waals surface area contributed by atoms with Crippen molar-refractivity contribution < 1.29 is 4.79 Å². The van der Waals surface area contributed by atoms with Crippen molar-refractivity contribution in [3.05, 3.63) is 70.8 Å². The van der Waals surface area contributed by atoms with E-state index in [4.69, 9.17) is 0 Å². The quantitative estimate of drug-likeness (QED) is 0.813. The molecule has 3 heteroatoms. The van der Waals surface area contributed by atoms with Crippen LogP contribution in [-0.4, -0.2) is 41.9 Å². The van der Waals surface area contributed by atoms with Crippen molar-refractivity contribution in [1.82, 2.24) is 9.80 Å². The lowest BCUT2D eigenvalue weighted by Gasteiger charge is -2.40. The molecule has 2 aromatic carbocycles. The van der Waals surface area contributed by atoms with Crippen LogP contribution in [0.4, 0.5) is 0 Å². The minimum absolute atomic E-state index is 0.313. The summed E-state index contributed by atoms with van der Waals surface area (Å²) in [6, 6.07) is 18.2. The Morgan fingerprint density at radius 3 is 2.00 bits per heavy atom. The van der Waals surface area contributed by atoms with Crippen LogP contribution in [0, 0.1) is 0 Å². The van der Waals surface area contributed by atoms with E-state index in [1.807, 2.05) is 0 Å². The van der Waals surface area contributed by atoms with Crippen LogP contribution in [0.3, 0.4) is 0 Å². The largest absolute Gasteiger partial charge is 0.340 e. The molecule has 27 heavy (non-hydrogen) atoms. The van der Waals surface area contributed by atoms with Gasteiger partial charge >= 0.3 is 0 Å². The summed E-state index contributed by atoms with van der Waals surface area (Å²) in [5.41, 5.74) is 5.85. The number of benzene rings is 2. The molecule has 0 N–H and O–H groups in total. The average molecular weight is 363 g/mol. The molecule has 4 rings (SSSR count). The molecule has 0 bridgehead atoms. The van der Waals surface area contributed by atoms with Gasteiger partial charge in [-0.3, -0.25) is 9.69 Å². The maximum absolute atomic E-state index is 12.4. The fraction of sp³-hybridized carbons (Fsp3) is 0.458. The normalized spacial score (nSPS) is 17.9. The Hall–Kier alpha value is -2.13. The van der Waals surface area contributed by atoms with Crippen molar-refractivity contribution in [2.24, 2.45) is 0 Å². The van der Waals surface area contributed by atoms with Crippen molar-refractivity contribution in [3.8, 4) is 0 Å². The highest BCUT2D eigenvalue weighted by Crippen LogP contribution is 2.37. The van der Waals surface area contributed by atoms with E-state index < -0.39 is 0 Å². The molecule has 1 heterocycles. The van der Waals surface area contributed by atoms with E-state index in [0.717, 1.165) is 51.9 Å². The number of aryl methyl sites for hydroxylation is 2. The number of nitrogens with zero attached hydrogens (tertiary/aromatic N) is 2. The Bertz CT molecular complexity index is 745. The second-order valence-corrected chi connectivity index (χ2v) is 7.82. The van der Waals surface area contributed by atoms with Crippen molar-refractivity contribution in [2.75, 3.05) is 26.2 Å². The number of carbonyl (C=O) groups is 1. The summed E-state index contributed by atoms with van der Waals surface area (Å²) in [5.74, 6) is 0.332. The molecule has 1 aliphatic carbocycles. The Balaban J connectivity index is 1.58. The highest BCUT2D eigenvalue weighted by molar-refractivity contribution is 5.76. The van der Waals surface area contributed by atoms with Crippen LogP contribution >= 0.6 is 0 Å². The van der Waals surface area contributed by atoms with E-state index in [9.17, 15) is 4.79 Å². The molecule has 1 saturated heterocycles. The van der Waals surface area contributed by atoms with Crippen molar-refractivity contribution in [3.63, 3.8) is 0 Å². The van der Waals surface area contributed by atoms with E-state index in [1.54, 1.807) is 0 Å². The highest BCUT2D eigenvalue weighted by Gasteiger charge is 2.31. The zero-order valence-electron chi connectivity index (χ0n) is 16.4. The van der Waals surface area contributed by atoms with Crippen LogP contribution < -0.4 is 0 Å². The number of amides is 1. The third-order valence-corrected chi connectivity index (χ3v) is 6.14. The highest BCUT2D eigenvalue weighted by atomic mass is 16.2. The zero-order valence-corrected chi connectivity index (χ0v) is 16.4. The standard InChI is InChI=1S/C24H30N2O/c1-2-3-12-23(27)25-15-17-26(18-16-25)24-21-10-6-4-8-19(21)13-14-20-9-5-7-11-22(20)24/h4-11,24H,2-3,12-18H2,1H3. The van der Waals surface area contributed by atoms with Crippen LogP contribution in [0.5, 0.6) is 0 Å². The van der Waals surface area contributed by atoms with Crippen LogP contribution in [0.25, 0.3) is 0 Å². The summed E-state index contributed by atoms with van der Waals surface area (Å²) in [6.07, 6.45) is 5.01. The Morgan fingerprint density at radius 1 is 0.889 bits per heavy atom. The molecule has 1 fully saturated rings. The van der Waals surface area contributed by atoms with Gasteiger partial charge in [-0.1, -0.05) is 61.9 Å². The van der Waals surface area contributed by atoms with Crippen LogP contribution in [0.1, 0.15) is 54.5 Å². The van der Waals surface area contributed by atoms with Crippen molar-refractivity contribution in [1.29, 1.82) is 0 Å². The summed E-state index contributed by atoms with van der Waals surface area (Å²) in [7, 11) is 0. The minimum Gasteiger partial charge on any atom is -0.340 e. The fourth-order valence-electron chi connectivity index (χ4n) is 4.60. The molecule has 1 aliphatic heterocycles. The Labute approximate surface area is 163 Å². The first-order chi connectivity index (χ1) is 13.3. The van der Waals surface area contributed by atoms with E-state index in [0.29, 0.717) is 18.4 Å². The lowest BCUT2D eigenvalue weighted by molar-refractivity contribution is -0.133. The zero-order chi connectivity index (χ0) is 18.6. The molecule has 1 amide bonds. The second-order valence-electron chi connectivity index (χ2n) is 7.82. The van der Waals surface area contributed by atoms with Gasteiger partial charge in [-0.15, -0.1) is 0 Å². The molecule has 2 aromatic rings. The molecular formula is C24H30N2O. The Morgan fingerprint density at radius 2 is 1.44 bits per heavy atom. The third kappa shape index (κ3) is 3.79. The van der Waals surface area contributed by atoms with Gasteiger partial charge in [-0.25, -0.2) is 0 Å². The number of hydrogen-bond acceptors (Lipinski definition) is 2. The number of unbranched alkanes of at least 4 members (excludes halogenated alkanes) is 1. The number of fused-ring (bicyclic) bond motifs is 2. The number of hydrogen-bond donors (Lipinski definition) is 0. The lowest BCUT2D eigenvalue weighted by Crippen LogP contribution is -2.50. The summed E-state index contributed by atoms with van der Waals surface area (Å²) in [4.78, 5) is 17.1. The molecule has 142 valence electrons. The topological polar surface area (TPSA) is 23.6 Å². The molecule has 0 aromatic heterocycles. The Kier molecular flexibility index (Phi) is 5.58. The van der Waals surface area contributed by atoms with E-state index in [2.05, 4.69) is 65.3 Å². The molecule has 0 radical (unpaired) electrons. The van der Waals surface area contributed by atoms with E-state index in [1.165, 1.54) is 22.3 Å². The maximum atomic E-state index is 12.4. The van der Waals surface area contributed by atoms with E-state index in [-0.39, 0.29) is 0 Å². The molecule has 2 aliphatic rings. The van der Waals surface area contributed by atoms with Gasteiger partial charge in [0, 0.05) is 32.6 Å². The van der Waals surface area contributed by atoms with Gasteiger partial charge in [0.25, 0.3) is 0 Å². The lowest BCUT2D eigenvalue weighted by atomic mass is 9.92. The molecule has 0 unspecified atom stereocenters. The van der Waals surface area contributed by atoms with Crippen molar-refractivity contribution in [2.45, 2.75) is 45.1 Å². The predicted molar refractivity (Wildman–Crippen MR) is 110 cm³/mol. The SMILES string of the molecule is CCCCC(=O)N1CCN(C2c3ccccc3CCc3ccccc32)CC1. The van der Waals surface area contributed by atoms with Gasteiger partial charge in [-0.05, 0) is 41.5 Å². The summed E-state index contributed by atoms with van der Waals surface area (Å²) in [6.45, 7) is 5.75. The molecule has 3 nitrogen and oxygen atoms in total. The average Bonchev–Trinajstić information content (AvgIpc) is 2.89. The minimum atomic E-state index is 0.313. The third-order valence-electron chi connectivity index (χ3n) is 6.14. The summed E-state index contributed by atoms with van der Waals surface area (Å²) < 4.78 is 0. The molecule has 0 saturated carbocycles. The van der Waals surface area contributed by atoms with E-state index >= 15 is 0 Å². The molecular weight excluding hydrogens is 332 g/mol. The van der Waals surface area contributed by atoms with Crippen LogP contribution in [0.2, 0.25) is 0 Å². The first-order valence-electron chi connectivity index (χ1n) is 10.5. The number of carbonyl (C=O) groups excluding carboxylic acids is 1. The van der Waals surface area contributed by atoms with Crippen LogP contribution in [0.15, 0.2) is 48.5 Å². The second kappa shape index (κ2) is 8.26. The number of rotatable bonds is 4. The van der Waals surface area contributed by atoms with Gasteiger partial charge in [0.1, 0.15) is 0 Å². The van der Waals surface area contributed by atoms with Gasteiger partial charge in [0.15, 0.2) is 0 Å². The van der Waals surface area contributed by atoms with Crippen molar-refractivity contribution >= 4 is 5.91 Å². The van der Waals surface area contributed by atoms with Gasteiger partial charge in [0.05, 0.1) is 6.04 Å². The summed E-state index contributed by atoms with van der Waals surface area (Å²) in [5, 5.41) is 0. The van der Waals surface area contributed by atoms with Crippen LogP contribution in [-0.2, 0) is 17.6 Å². The van der Waals surface area contributed by atoms with Gasteiger partial charge in [-0.2, -0.15) is 0 Å². The summed E-state index contributed by atoms with van der Waals surface area (Å²) >= 11 is 0. The maximum Gasteiger partial charge on any atom is 0.222 e. The van der Waals surface area contributed by atoms with Gasteiger partial charge < -0.3 is 4.90 Å². The molecule has 0 spiro atoms. The monoisotopic (exact) mass is 362 g/mol.